The predicted molar refractivity (Wildman–Crippen MR) is 74.8 cm³/mol. The number of nitrogens with one attached hydrogen (secondary N) is 1. The summed E-state index contributed by atoms with van der Waals surface area (Å²) >= 11 is 0. The van der Waals surface area contributed by atoms with E-state index >= 15 is 0 Å². The Kier molecular flexibility index (Phi) is 10.7. The molecule has 0 aromatic rings. The van der Waals surface area contributed by atoms with Gasteiger partial charge in [-0.3, -0.25) is 0 Å². The van der Waals surface area contributed by atoms with Crippen molar-refractivity contribution in [3.05, 3.63) is 0 Å². The average Bonchev–Trinajstić information content (AvgIpc) is 2.42. The first-order valence-corrected chi connectivity index (χ1v) is 6.89. The van der Waals surface area contributed by atoms with Gasteiger partial charge >= 0.3 is 12.0 Å². The second-order valence-corrected chi connectivity index (χ2v) is 4.33. The second kappa shape index (κ2) is 11.5. The Morgan fingerprint density at radius 3 is 2.40 bits per heavy atom. The van der Waals surface area contributed by atoms with Gasteiger partial charge in [-0.25, -0.2) is 9.59 Å². The fourth-order valence-corrected chi connectivity index (χ4v) is 1.86. The zero-order chi connectivity index (χ0) is 15.4. The number of carboxylic acids is 1. The zero-order valence-electron chi connectivity index (χ0n) is 12.6. The number of aliphatic carboxylic acids is 1. The molecule has 0 aromatic carbocycles. The second-order valence-electron chi connectivity index (χ2n) is 4.33. The molecule has 0 saturated heterocycles. The van der Waals surface area contributed by atoms with Crippen molar-refractivity contribution in [2.24, 2.45) is 0 Å². The van der Waals surface area contributed by atoms with Gasteiger partial charge in [0.1, 0.15) is 6.61 Å². The van der Waals surface area contributed by atoms with Crippen molar-refractivity contribution in [1.29, 1.82) is 0 Å². The summed E-state index contributed by atoms with van der Waals surface area (Å²) in [6.45, 7) is 5.21. The van der Waals surface area contributed by atoms with E-state index in [9.17, 15) is 9.59 Å². The molecular formula is C13H26N2O5. The largest absolute Gasteiger partial charge is 0.480 e. The fourth-order valence-electron chi connectivity index (χ4n) is 1.86. The number of urea groups is 1. The van der Waals surface area contributed by atoms with Crippen molar-refractivity contribution in [2.75, 3.05) is 40.0 Å². The van der Waals surface area contributed by atoms with Crippen molar-refractivity contribution >= 4 is 12.0 Å². The van der Waals surface area contributed by atoms with Gasteiger partial charge in [-0.2, -0.15) is 0 Å². The van der Waals surface area contributed by atoms with Crippen LogP contribution in [0.4, 0.5) is 4.79 Å². The van der Waals surface area contributed by atoms with Crippen molar-refractivity contribution in [1.82, 2.24) is 10.2 Å². The van der Waals surface area contributed by atoms with E-state index in [-0.39, 0.29) is 31.8 Å². The number of methoxy groups -OCH3 is 1. The fraction of sp³-hybridized carbons (Fsp3) is 0.846. The van der Waals surface area contributed by atoms with E-state index in [0.29, 0.717) is 13.2 Å². The van der Waals surface area contributed by atoms with E-state index in [1.807, 2.05) is 13.8 Å². The van der Waals surface area contributed by atoms with Crippen molar-refractivity contribution < 1.29 is 24.2 Å². The summed E-state index contributed by atoms with van der Waals surface area (Å²) < 4.78 is 9.88. The Hall–Kier alpha value is -1.34. The van der Waals surface area contributed by atoms with Crippen LogP contribution in [0.15, 0.2) is 0 Å². The predicted octanol–water partition coefficient (Wildman–Crippen LogP) is 0.934. The molecule has 0 bridgehead atoms. The molecule has 0 aromatic heterocycles. The smallest absolute Gasteiger partial charge is 0.329 e. The summed E-state index contributed by atoms with van der Waals surface area (Å²) in [4.78, 5) is 24.1. The maximum Gasteiger partial charge on any atom is 0.329 e. The molecule has 2 amide bonds. The van der Waals surface area contributed by atoms with E-state index in [4.69, 9.17) is 14.6 Å². The standard InChI is InChI=1S/C13H26N2O5/c1-4-11(5-2)15(7-9-19-3)13(18)14-6-8-20-10-12(16)17/h11H,4-10H2,1-3H3,(H,14,18)(H,16,17). The van der Waals surface area contributed by atoms with Crippen LogP contribution >= 0.6 is 0 Å². The van der Waals surface area contributed by atoms with Crippen LogP contribution in [0.3, 0.4) is 0 Å². The highest BCUT2D eigenvalue weighted by Crippen LogP contribution is 2.08. The molecular weight excluding hydrogens is 264 g/mol. The number of carbonyl (C=O) groups excluding carboxylic acids is 1. The molecule has 7 nitrogen and oxygen atoms in total. The third-order valence-corrected chi connectivity index (χ3v) is 2.93. The number of rotatable bonds is 11. The Balaban J connectivity index is 4.15. The first kappa shape index (κ1) is 18.7. The molecule has 0 aliphatic heterocycles. The van der Waals surface area contributed by atoms with Gasteiger partial charge in [0.05, 0.1) is 13.2 Å². The maximum absolute atomic E-state index is 12.1. The summed E-state index contributed by atoms with van der Waals surface area (Å²) in [6, 6.07) is -0.000219. The highest BCUT2D eigenvalue weighted by molar-refractivity contribution is 5.74. The molecule has 0 aliphatic carbocycles. The third kappa shape index (κ3) is 7.96. The summed E-state index contributed by atoms with van der Waals surface area (Å²) in [5.74, 6) is -1.02. The normalized spacial score (nSPS) is 10.6. The number of ether oxygens (including phenoxy) is 2. The molecule has 0 atom stereocenters. The molecule has 0 rings (SSSR count). The van der Waals surface area contributed by atoms with Gasteiger partial charge < -0.3 is 24.8 Å². The topological polar surface area (TPSA) is 88.1 Å². The quantitative estimate of drug-likeness (QED) is 0.553. The monoisotopic (exact) mass is 290 g/mol. The Morgan fingerprint density at radius 2 is 1.90 bits per heavy atom. The van der Waals surface area contributed by atoms with Crippen LogP contribution in [-0.2, 0) is 14.3 Å². The number of nitrogens with zero attached hydrogens (tertiary/aromatic N) is 1. The molecule has 0 aliphatic rings. The first-order valence-electron chi connectivity index (χ1n) is 6.89. The molecule has 0 saturated carbocycles. The SMILES string of the molecule is CCC(CC)N(CCOC)C(=O)NCCOCC(=O)O. The summed E-state index contributed by atoms with van der Waals surface area (Å²) in [7, 11) is 1.60. The summed E-state index contributed by atoms with van der Waals surface area (Å²) in [5, 5.41) is 11.1. The van der Waals surface area contributed by atoms with Crippen molar-refractivity contribution in [2.45, 2.75) is 32.7 Å². The number of hydrogen-bond donors (Lipinski definition) is 2. The van der Waals surface area contributed by atoms with Gasteiger partial charge in [0, 0.05) is 26.2 Å². The molecule has 20 heavy (non-hydrogen) atoms. The van der Waals surface area contributed by atoms with E-state index < -0.39 is 5.97 Å². The van der Waals surface area contributed by atoms with Crippen LogP contribution in [0, 0.1) is 0 Å². The highest BCUT2D eigenvalue weighted by atomic mass is 16.5. The number of carboxylic acid groups (broad SMARTS) is 1. The zero-order valence-corrected chi connectivity index (χ0v) is 12.6. The van der Waals surface area contributed by atoms with Crippen LogP contribution in [0.5, 0.6) is 0 Å². The average molecular weight is 290 g/mol. The molecule has 118 valence electrons. The van der Waals surface area contributed by atoms with Crippen LogP contribution in [0.2, 0.25) is 0 Å². The maximum atomic E-state index is 12.1. The van der Waals surface area contributed by atoms with E-state index in [1.165, 1.54) is 0 Å². The van der Waals surface area contributed by atoms with Crippen molar-refractivity contribution in [3.63, 3.8) is 0 Å². The lowest BCUT2D eigenvalue weighted by molar-refractivity contribution is -0.142. The molecule has 2 N–H and O–H groups in total. The molecule has 0 heterocycles. The minimum Gasteiger partial charge on any atom is -0.480 e. The summed E-state index contributed by atoms with van der Waals surface area (Å²) in [5.41, 5.74) is 0. The van der Waals surface area contributed by atoms with Crippen LogP contribution in [0.25, 0.3) is 0 Å². The van der Waals surface area contributed by atoms with Gasteiger partial charge in [0.2, 0.25) is 0 Å². The van der Waals surface area contributed by atoms with Gasteiger partial charge in [0.25, 0.3) is 0 Å². The van der Waals surface area contributed by atoms with Gasteiger partial charge in [-0.15, -0.1) is 0 Å². The van der Waals surface area contributed by atoms with E-state index in [0.717, 1.165) is 12.8 Å². The Bertz CT molecular complexity index is 282. The molecule has 0 fully saturated rings. The van der Waals surface area contributed by atoms with E-state index in [1.54, 1.807) is 12.0 Å². The minimum absolute atomic E-state index is 0.171. The highest BCUT2D eigenvalue weighted by Gasteiger charge is 2.20. The molecule has 0 radical (unpaired) electrons. The van der Waals surface area contributed by atoms with Crippen LogP contribution < -0.4 is 5.32 Å². The molecule has 7 heteroatoms. The number of hydrogen-bond acceptors (Lipinski definition) is 4. The number of amides is 2. The minimum atomic E-state index is -1.02. The third-order valence-electron chi connectivity index (χ3n) is 2.93. The first-order chi connectivity index (χ1) is 9.56. The van der Waals surface area contributed by atoms with Gasteiger partial charge in [0.15, 0.2) is 0 Å². The van der Waals surface area contributed by atoms with Crippen LogP contribution in [0.1, 0.15) is 26.7 Å². The molecule has 0 spiro atoms. The van der Waals surface area contributed by atoms with Crippen LogP contribution in [-0.4, -0.2) is 68.1 Å². The molecule has 0 unspecified atom stereocenters. The number of carbonyl (C=O) groups is 2. The Labute approximate surface area is 120 Å². The lowest BCUT2D eigenvalue weighted by Gasteiger charge is -2.30. The lowest BCUT2D eigenvalue weighted by Crippen LogP contribution is -2.48. The summed E-state index contributed by atoms with van der Waals surface area (Å²) in [6.07, 6.45) is 1.76. The van der Waals surface area contributed by atoms with Gasteiger partial charge in [-0.1, -0.05) is 13.8 Å². The van der Waals surface area contributed by atoms with E-state index in [2.05, 4.69) is 5.32 Å². The Morgan fingerprint density at radius 1 is 1.25 bits per heavy atom. The van der Waals surface area contributed by atoms with Gasteiger partial charge in [-0.05, 0) is 12.8 Å². The lowest BCUT2D eigenvalue weighted by atomic mass is 10.1. The van der Waals surface area contributed by atoms with Crippen molar-refractivity contribution in [3.8, 4) is 0 Å².